The maximum Gasteiger partial charge on any atom is 0.262 e. The van der Waals surface area contributed by atoms with Gasteiger partial charge in [0.1, 0.15) is 5.69 Å². The second kappa shape index (κ2) is 6.95. The highest BCUT2D eigenvalue weighted by atomic mass is 16.5. The van der Waals surface area contributed by atoms with Gasteiger partial charge in [0, 0.05) is 60.5 Å². The number of pyridine rings is 1. The van der Waals surface area contributed by atoms with Crippen molar-refractivity contribution in [2.75, 3.05) is 24.2 Å². The highest BCUT2D eigenvalue weighted by molar-refractivity contribution is 5.87. The number of carbonyl (C=O) groups is 1. The first-order chi connectivity index (χ1) is 14.8. The van der Waals surface area contributed by atoms with Crippen LogP contribution in [0.1, 0.15) is 29.1 Å². The van der Waals surface area contributed by atoms with E-state index in [-0.39, 0.29) is 18.1 Å². The van der Waals surface area contributed by atoms with Crippen molar-refractivity contribution in [2.24, 2.45) is 0 Å². The zero-order valence-corrected chi connectivity index (χ0v) is 17.4. The van der Waals surface area contributed by atoms with Gasteiger partial charge in [0.25, 0.3) is 5.91 Å². The second-order valence-corrected chi connectivity index (χ2v) is 8.12. The van der Waals surface area contributed by atoms with Crippen molar-refractivity contribution in [1.29, 1.82) is 0 Å². The average molecular weight is 417 g/mol. The van der Waals surface area contributed by atoms with Crippen LogP contribution < -0.4 is 10.6 Å². The fourth-order valence-electron chi connectivity index (χ4n) is 4.15. The highest BCUT2D eigenvalue weighted by Crippen LogP contribution is 2.36. The number of aliphatic hydroxyl groups is 1. The zero-order chi connectivity index (χ0) is 21.8. The molecule has 0 aliphatic carbocycles. The summed E-state index contributed by atoms with van der Waals surface area (Å²) in [5, 5.41) is 14.9. The van der Waals surface area contributed by atoms with Gasteiger partial charge in [-0.15, -0.1) is 0 Å². The number of nitrogens with two attached hydrogens (primary N) is 1. The van der Waals surface area contributed by atoms with Gasteiger partial charge < -0.3 is 25.2 Å². The standard InChI is InChI=1S/C23H23N5O3/c1-14-10-18(24)17-13-28(8-6-19(17)25-14)16-5-3-4-15(11-16)20-12-21(31-26-20)23(30)7-9-27(2)22(23)29/h3-6,8,10-12,30H,7,9,13H2,1-2H3,(H2,24,25)/t23-/m1/s1. The lowest BCUT2D eigenvalue weighted by Gasteiger charge is -2.26. The van der Waals surface area contributed by atoms with Crippen molar-refractivity contribution in [3.05, 3.63) is 65.3 Å². The van der Waals surface area contributed by atoms with Gasteiger partial charge in [0.15, 0.2) is 5.76 Å². The molecule has 158 valence electrons. The molecule has 0 bridgehead atoms. The third-order valence-electron chi connectivity index (χ3n) is 5.96. The molecule has 0 radical (unpaired) electrons. The molecule has 2 aliphatic heterocycles. The summed E-state index contributed by atoms with van der Waals surface area (Å²) >= 11 is 0. The lowest BCUT2D eigenvalue weighted by Crippen LogP contribution is -2.35. The Kier molecular flexibility index (Phi) is 4.33. The quantitative estimate of drug-likeness (QED) is 0.674. The monoisotopic (exact) mass is 417 g/mol. The van der Waals surface area contributed by atoms with E-state index in [2.05, 4.69) is 15.0 Å². The molecule has 1 atom stereocenters. The summed E-state index contributed by atoms with van der Waals surface area (Å²) < 4.78 is 5.38. The van der Waals surface area contributed by atoms with E-state index >= 15 is 0 Å². The van der Waals surface area contributed by atoms with E-state index in [1.54, 1.807) is 13.1 Å². The van der Waals surface area contributed by atoms with Gasteiger partial charge in [-0.25, -0.2) is 0 Å². The van der Waals surface area contributed by atoms with Gasteiger partial charge in [-0.2, -0.15) is 0 Å². The van der Waals surface area contributed by atoms with Crippen molar-refractivity contribution < 1.29 is 14.4 Å². The minimum atomic E-state index is -1.65. The summed E-state index contributed by atoms with van der Waals surface area (Å²) in [7, 11) is 1.66. The van der Waals surface area contributed by atoms with Gasteiger partial charge in [0.2, 0.25) is 5.60 Å². The number of fused-ring (bicyclic) bond motifs is 1. The molecule has 8 nitrogen and oxygen atoms in total. The number of nitrogens with zero attached hydrogens (tertiary/aromatic N) is 4. The Hall–Kier alpha value is -3.65. The number of likely N-dealkylation sites (N-methyl/N-ethyl adjacent to an activating group) is 1. The molecule has 1 amide bonds. The maximum atomic E-state index is 12.3. The lowest BCUT2D eigenvalue weighted by molar-refractivity contribution is -0.144. The second-order valence-electron chi connectivity index (χ2n) is 8.12. The number of carbonyl (C=O) groups excluding carboxylic acids is 1. The summed E-state index contributed by atoms with van der Waals surface area (Å²) in [5.74, 6) is -0.203. The van der Waals surface area contributed by atoms with Gasteiger partial charge in [-0.3, -0.25) is 9.78 Å². The fraction of sp³-hybridized carbons (Fsp3) is 0.261. The molecule has 31 heavy (non-hydrogen) atoms. The number of likely N-dealkylation sites (tertiary alicyclic amines) is 1. The van der Waals surface area contributed by atoms with Crippen molar-refractivity contribution in [2.45, 2.75) is 25.5 Å². The Morgan fingerprint density at radius 1 is 1.26 bits per heavy atom. The van der Waals surface area contributed by atoms with Crippen molar-refractivity contribution in [1.82, 2.24) is 15.0 Å². The Morgan fingerprint density at radius 2 is 2.10 bits per heavy atom. The molecule has 2 aliphatic rings. The lowest BCUT2D eigenvalue weighted by atomic mass is 9.98. The first-order valence-electron chi connectivity index (χ1n) is 10.1. The zero-order valence-electron chi connectivity index (χ0n) is 17.4. The van der Waals surface area contributed by atoms with Crippen LogP contribution in [0.3, 0.4) is 0 Å². The summed E-state index contributed by atoms with van der Waals surface area (Å²) in [6.45, 7) is 3.01. The third-order valence-corrected chi connectivity index (χ3v) is 5.96. The van der Waals surface area contributed by atoms with Crippen LogP contribution in [0.15, 0.2) is 47.1 Å². The third kappa shape index (κ3) is 3.16. The number of hydrogen-bond acceptors (Lipinski definition) is 7. The molecule has 0 unspecified atom stereocenters. The van der Waals surface area contributed by atoms with Crippen LogP contribution in [0.25, 0.3) is 17.3 Å². The van der Waals surface area contributed by atoms with Gasteiger partial charge >= 0.3 is 0 Å². The van der Waals surface area contributed by atoms with Crippen molar-refractivity contribution >= 4 is 23.4 Å². The number of benzene rings is 1. The molecule has 5 rings (SSSR count). The Bertz CT molecular complexity index is 1220. The van der Waals surface area contributed by atoms with E-state index in [9.17, 15) is 9.90 Å². The molecule has 4 heterocycles. The van der Waals surface area contributed by atoms with Crippen LogP contribution in [-0.4, -0.2) is 39.6 Å². The normalized spacial score (nSPS) is 20.4. The molecule has 3 aromatic rings. The van der Waals surface area contributed by atoms with Crippen LogP contribution in [0, 0.1) is 6.92 Å². The van der Waals surface area contributed by atoms with E-state index < -0.39 is 5.60 Å². The summed E-state index contributed by atoms with van der Waals surface area (Å²) in [6, 6.07) is 11.4. The number of amides is 1. The predicted octanol–water partition coefficient (Wildman–Crippen LogP) is 2.67. The molecule has 1 saturated heterocycles. The topological polar surface area (TPSA) is 109 Å². The number of anilines is 2. The minimum absolute atomic E-state index is 0.170. The summed E-state index contributed by atoms with van der Waals surface area (Å²) in [5.41, 5.74) is 10.4. The molecule has 1 aromatic carbocycles. The van der Waals surface area contributed by atoms with Crippen molar-refractivity contribution in [3.63, 3.8) is 0 Å². The number of hydrogen-bond donors (Lipinski definition) is 2. The highest BCUT2D eigenvalue weighted by Gasteiger charge is 2.48. The average Bonchev–Trinajstić information content (AvgIpc) is 3.36. The van der Waals surface area contributed by atoms with Crippen LogP contribution in [0.2, 0.25) is 0 Å². The van der Waals surface area contributed by atoms with E-state index in [0.717, 1.165) is 33.9 Å². The van der Waals surface area contributed by atoms with Crippen molar-refractivity contribution in [3.8, 4) is 11.3 Å². The number of nitrogen functional groups attached to an aromatic ring is 1. The summed E-state index contributed by atoms with van der Waals surface area (Å²) in [6.07, 6.45) is 4.22. The van der Waals surface area contributed by atoms with Crippen LogP contribution in [0.4, 0.5) is 11.4 Å². The molecular formula is C23H23N5O3. The Morgan fingerprint density at radius 3 is 2.87 bits per heavy atom. The molecule has 2 aromatic heterocycles. The Labute approximate surface area is 179 Å². The molecular weight excluding hydrogens is 394 g/mol. The van der Waals surface area contributed by atoms with Gasteiger partial charge in [-0.1, -0.05) is 17.3 Å². The van der Waals surface area contributed by atoms with E-state index in [4.69, 9.17) is 10.3 Å². The SMILES string of the molecule is Cc1cc(N)c2c(n1)C=CN(c1cccc(-c3cc([C@]4(O)CCN(C)C4=O)on3)c1)C2. The number of rotatable bonds is 3. The first-order valence-corrected chi connectivity index (χ1v) is 10.1. The van der Waals surface area contributed by atoms with E-state index in [1.807, 2.05) is 49.5 Å². The van der Waals surface area contributed by atoms with Gasteiger partial charge in [0.05, 0.1) is 12.2 Å². The largest absolute Gasteiger partial charge is 0.398 e. The molecule has 0 spiro atoms. The van der Waals surface area contributed by atoms with Crippen LogP contribution in [-0.2, 0) is 16.9 Å². The fourth-order valence-corrected chi connectivity index (χ4v) is 4.15. The Balaban J connectivity index is 1.43. The molecule has 3 N–H and O–H groups in total. The van der Waals surface area contributed by atoms with E-state index in [1.165, 1.54) is 4.90 Å². The number of aryl methyl sites for hydroxylation is 1. The first kappa shape index (κ1) is 19.3. The van der Waals surface area contributed by atoms with Crippen LogP contribution in [0.5, 0.6) is 0 Å². The molecule has 1 fully saturated rings. The summed E-state index contributed by atoms with van der Waals surface area (Å²) in [4.78, 5) is 20.5. The van der Waals surface area contributed by atoms with E-state index in [0.29, 0.717) is 18.8 Å². The molecule has 8 heteroatoms. The maximum absolute atomic E-state index is 12.3. The minimum Gasteiger partial charge on any atom is -0.398 e. The van der Waals surface area contributed by atoms with Gasteiger partial charge in [-0.05, 0) is 31.2 Å². The smallest absolute Gasteiger partial charge is 0.262 e. The predicted molar refractivity (Wildman–Crippen MR) is 117 cm³/mol. The van der Waals surface area contributed by atoms with Crippen LogP contribution >= 0.6 is 0 Å². The number of aromatic nitrogens is 2. The molecule has 0 saturated carbocycles.